The van der Waals surface area contributed by atoms with Crippen LogP contribution in [0, 0.1) is 5.95 Å². The van der Waals surface area contributed by atoms with Crippen LogP contribution in [0.4, 0.5) is 4.39 Å². The Labute approximate surface area is 134 Å². The molecule has 0 saturated heterocycles. The van der Waals surface area contributed by atoms with Crippen molar-refractivity contribution >= 4 is 11.6 Å². The third kappa shape index (κ3) is 5.61. The molecule has 0 aromatic carbocycles. The molecule has 1 atom stereocenters. The number of unbranched alkanes of at least 4 members (excludes halogenated alkanes) is 6. The Hall–Kier alpha value is -0.570. The predicted octanol–water partition coefficient (Wildman–Crippen LogP) is 6.33. The van der Waals surface area contributed by atoms with Crippen LogP contribution in [-0.2, 0) is 5.54 Å². The largest absolute Gasteiger partial charge is 0.300 e. The maximum atomic E-state index is 14.2. The molecule has 0 saturated carbocycles. The minimum absolute atomic E-state index is 0.0114. The van der Waals surface area contributed by atoms with Crippen LogP contribution in [0.3, 0.4) is 0 Å². The van der Waals surface area contributed by atoms with Crippen molar-refractivity contribution in [1.82, 2.24) is 9.55 Å². The smallest absolute Gasteiger partial charge is 0.233 e. The van der Waals surface area contributed by atoms with Gasteiger partial charge < -0.3 is 4.57 Å². The van der Waals surface area contributed by atoms with E-state index >= 15 is 0 Å². The quantitative estimate of drug-likeness (QED) is 0.436. The molecule has 2 nitrogen and oxygen atoms in total. The average molecular weight is 317 g/mol. The van der Waals surface area contributed by atoms with Gasteiger partial charge in [-0.2, -0.15) is 4.39 Å². The second kappa shape index (κ2) is 9.45. The molecule has 0 N–H and O–H groups in total. The highest BCUT2D eigenvalue weighted by Gasteiger charge is 2.29. The summed E-state index contributed by atoms with van der Waals surface area (Å²) >= 11 is 5.79. The van der Waals surface area contributed by atoms with Crippen LogP contribution in [0.2, 0.25) is 5.15 Å². The lowest BCUT2D eigenvalue weighted by Crippen LogP contribution is -2.31. The molecule has 1 aromatic heterocycles. The Morgan fingerprint density at radius 1 is 1.05 bits per heavy atom. The van der Waals surface area contributed by atoms with E-state index in [1.807, 2.05) is 0 Å². The molecule has 0 fully saturated rings. The number of imidazole rings is 1. The first-order valence-corrected chi connectivity index (χ1v) is 8.81. The van der Waals surface area contributed by atoms with E-state index in [-0.39, 0.29) is 16.6 Å². The van der Waals surface area contributed by atoms with Crippen LogP contribution < -0.4 is 0 Å². The fraction of sp³-hybridized carbons (Fsp3) is 0.824. The zero-order valence-corrected chi connectivity index (χ0v) is 14.6. The highest BCUT2D eigenvalue weighted by molar-refractivity contribution is 6.29. The summed E-state index contributed by atoms with van der Waals surface area (Å²) in [5.74, 6) is -0.385. The molecule has 0 radical (unpaired) electrons. The van der Waals surface area contributed by atoms with Crippen LogP contribution in [0.15, 0.2) is 6.33 Å². The summed E-state index contributed by atoms with van der Waals surface area (Å²) in [6.45, 7) is 6.55. The zero-order chi connectivity index (χ0) is 15.7. The van der Waals surface area contributed by atoms with E-state index < -0.39 is 0 Å². The van der Waals surface area contributed by atoms with Crippen molar-refractivity contribution in [3.8, 4) is 0 Å². The van der Waals surface area contributed by atoms with Crippen molar-refractivity contribution in [2.45, 2.75) is 90.5 Å². The van der Waals surface area contributed by atoms with E-state index in [0.717, 1.165) is 25.7 Å². The van der Waals surface area contributed by atoms with Crippen LogP contribution >= 0.6 is 11.6 Å². The monoisotopic (exact) mass is 316 g/mol. The fourth-order valence-corrected chi connectivity index (χ4v) is 3.05. The molecule has 0 spiro atoms. The Kier molecular flexibility index (Phi) is 8.31. The van der Waals surface area contributed by atoms with Gasteiger partial charge in [-0.1, -0.05) is 76.8 Å². The van der Waals surface area contributed by atoms with Crippen molar-refractivity contribution in [3.05, 3.63) is 17.4 Å². The first kappa shape index (κ1) is 18.5. The van der Waals surface area contributed by atoms with Gasteiger partial charge in [0.1, 0.15) is 0 Å². The summed E-state index contributed by atoms with van der Waals surface area (Å²) in [7, 11) is 0. The Morgan fingerprint density at radius 3 is 2.10 bits per heavy atom. The number of rotatable bonds is 11. The lowest BCUT2D eigenvalue weighted by atomic mass is 9.88. The zero-order valence-electron chi connectivity index (χ0n) is 13.8. The Bertz CT molecular complexity index is 405. The van der Waals surface area contributed by atoms with Crippen LogP contribution in [-0.4, -0.2) is 9.55 Å². The highest BCUT2D eigenvalue weighted by atomic mass is 35.5. The molecule has 0 aliphatic carbocycles. The van der Waals surface area contributed by atoms with Crippen molar-refractivity contribution < 1.29 is 4.39 Å². The minimum atomic E-state index is -0.385. The van der Waals surface area contributed by atoms with Gasteiger partial charge in [0.15, 0.2) is 5.15 Å². The molecule has 0 aliphatic heterocycles. The van der Waals surface area contributed by atoms with E-state index in [4.69, 9.17) is 11.6 Å². The Balaban J connectivity index is 2.67. The van der Waals surface area contributed by atoms with Crippen molar-refractivity contribution in [1.29, 1.82) is 0 Å². The molecule has 0 amide bonds. The standard InChI is InChI=1S/C17H30ClFN2/c1-4-6-8-9-11-13-17(3,12-10-7-5-2)21-14-20-15(18)16(21)19/h14H,4-13H2,1-3H3. The second-order valence-corrected chi connectivity index (χ2v) is 6.67. The molecule has 0 bridgehead atoms. The van der Waals surface area contributed by atoms with Crippen LogP contribution in [0.5, 0.6) is 0 Å². The molecule has 4 heteroatoms. The van der Waals surface area contributed by atoms with E-state index in [1.54, 1.807) is 10.9 Å². The molecular formula is C17H30ClFN2. The molecule has 1 unspecified atom stereocenters. The molecule has 1 aromatic rings. The van der Waals surface area contributed by atoms with Crippen molar-refractivity contribution in [2.24, 2.45) is 0 Å². The predicted molar refractivity (Wildman–Crippen MR) is 88.4 cm³/mol. The summed E-state index contributed by atoms with van der Waals surface area (Å²) in [5, 5.41) is -0.0114. The highest BCUT2D eigenvalue weighted by Crippen LogP contribution is 2.32. The molecule has 0 aliphatic rings. The second-order valence-electron chi connectivity index (χ2n) is 6.31. The van der Waals surface area contributed by atoms with Gasteiger partial charge in [0, 0.05) is 5.54 Å². The third-order valence-corrected chi connectivity index (χ3v) is 4.64. The summed E-state index contributed by atoms with van der Waals surface area (Å²) < 4.78 is 15.8. The number of hydrogen-bond acceptors (Lipinski definition) is 1. The summed E-state index contributed by atoms with van der Waals surface area (Å²) in [6, 6.07) is 0. The van der Waals surface area contributed by atoms with Gasteiger partial charge in [-0.25, -0.2) is 4.98 Å². The van der Waals surface area contributed by atoms with Crippen LogP contribution in [0.1, 0.15) is 85.0 Å². The first-order chi connectivity index (χ1) is 10.0. The molecular weight excluding hydrogens is 287 g/mol. The van der Waals surface area contributed by atoms with E-state index in [1.165, 1.54) is 38.5 Å². The lowest BCUT2D eigenvalue weighted by molar-refractivity contribution is 0.224. The van der Waals surface area contributed by atoms with E-state index in [2.05, 4.69) is 25.8 Å². The molecule has 1 heterocycles. The lowest BCUT2D eigenvalue weighted by Gasteiger charge is -2.32. The van der Waals surface area contributed by atoms with Gasteiger partial charge in [0.05, 0.1) is 6.33 Å². The number of halogens is 2. The maximum Gasteiger partial charge on any atom is 0.233 e. The SMILES string of the molecule is CCCCCCCC(C)(CCCCC)n1cnc(Cl)c1F. The third-order valence-electron chi connectivity index (χ3n) is 4.39. The molecule has 1 rings (SSSR count). The van der Waals surface area contributed by atoms with Gasteiger partial charge in [0.25, 0.3) is 0 Å². The minimum Gasteiger partial charge on any atom is -0.300 e. The molecule has 122 valence electrons. The van der Waals surface area contributed by atoms with Gasteiger partial charge in [-0.05, 0) is 19.8 Å². The van der Waals surface area contributed by atoms with Gasteiger partial charge in [0.2, 0.25) is 5.95 Å². The first-order valence-electron chi connectivity index (χ1n) is 8.44. The number of hydrogen-bond donors (Lipinski definition) is 0. The maximum absolute atomic E-state index is 14.2. The summed E-state index contributed by atoms with van der Waals surface area (Å²) in [6.07, 6.45) is 13.2. The average Bonchev–Trinajstić information content (AvgIpc) is 2.80. The van der Waals surface area contributed by atoms with E-state index in [0.29, 0.717) is 0 Å². The van der Waals surface area contributed by atoms with Gasteiger partial charge in [-0.15, -0.1) is 0 Å². The topological polar surface area (TPSA) is 17.8 Å². The summed E-state index contributed by atoms with van der Waals surface area (Å²) in [4.78, 5) is 3.92. The number of aromatic nitrogens is 2. The van der Waals surface area contributed by atoms with Crippen molar-refractivity contribution in [3.63, 3.8) is 0 Å². The number of nitrogens with zero attached hydrogens (tertiary/aromatic N) is 2. The van der Waals surface area contributed by atoms with Gasteiger partial charge in [-0.3, -0.25) is 0 Å². The van der Waals surface area contributed by atoms with Crippen molar-refractivity contribution in [2.75, 3.05) is 0 Å². The summed E-state index contributed by atoms with van der Waals surface area (Å²) in [5.41, 5.74) is -0.203. The van der Waals surface area contributed by atoms with E-state index in [9.17, 15) is 4.39 Å². The Morgan fingerprint density at radius 2 is 1.57 bits per heavy atom. The van der Waals surface area contributed by atoms with Crippen LogP contribution in [0.25, 0.3) is 0 Å². The normalized spacial score (nSPS) is 14.3. The fourth-order valence-electron chi connectivity index (χ4n) is 2.92. The van der Waals surface area contributed by atoms with Gasteiger partial charge >= 0.3 is 0 Å². The molecule has 21 heavy (non-hydrogen) atoms.